The summed E-state index contributed by atoms with van der Waals surface area (Å²) in [7, 11) is 0. The summed E-state index contributed by atoms with van der Waals surface area (Å²) in [4.78, 5) is 24.7. The summed E-state index contributed by atoms with van der Waals surface area (Å²) in [5.74, 6) is -1.10. The monoisotopic (exact) mass is 342 g/mol. The zero-order valence-corrected chi connectivity index (χ0v) is 12.8. The van der Waals surface area contributed by atoms with E-state index in [9.17, 15) is 22.8 Å². The van der Waals surface area contributed by atoms with E-state index in [2.05, 4.69) is 5.32 Å². The minimum atomic E-state index is -4.46. The number of hydrogen-bond acceptors (Lipinski definition) is 3. The highest BCUT2D eigenvalue weighted by molar-refractivity contribution is 5.89. The van der Waals surface area contributed by atoms with Gasteiger partial charge in [-0.05, 0) is 6.07 Å². The summed E-state index contributed by atoms with van der Waals surface area (Å²) in [6, 6.07) is 7.05. The van der Waals surface area contributed by atoms with E-state index in [4.69, 9.17) is 4.74 Å². The Morgan fingerprint density at radius 1 is 1.33 bits per heavy atom. The predicted molar refractivity (Wildman–Crippen MR) is 78.2 cm³/mol. The molecule has 2 aliphatic heterocycles. The first-order valence-corrected chi connectivity index (χ1v) is 7.70. The summed E-state index contributed by atoms with van der Waals surface area (Å²) in [6.45, 7) is -1.06. The second-order valence-corrected chi connectivity index (χ2v) is 6.03. The fraction of sp³-hybridized carbons (Fsp3) is 0.500. The second kappa shape index (κ2) is 6.33. The first kappa shape index (κ1) is 16.6. The number of likely N-dealkylation sites (tertiary alicyclic amines) is 1. The van der Waals surface area contributed by atoms with Gasteiger partial charge in [-0.25, -0.2) is 0 Å². The molecule has 8 heteroatoms. The van der Waals surface area contributed by atoms with E-state index in [0.717, 1.165) is 5.56 Å². The van der Waals surface area contributed by atoms with Crippen LogP contribution in [-0.2, 0) is 9.59 Å². The quantitative estimate of drug-likeness (QED) is 0.915. The van der Waals surface area contributed by atoms with E-state index in [1.54, 1.807) is 6.07 Å². The van der Waals surface area contributed by atoms with Gasteiger partial charge >= 0.3 is 6.18 Å². The van der Waals surface area contributed by atoms with E-state index in [0.29, 0.717) is 23.7 Å². The van der Waals surface area contributed by atoms with Crippen molar-refractivity contribution in [3.63, 3.8) is 0 Å². The number of hydrogen-bond donors (Lipinski definition) is 1. The molecule has 1 saturated heterocycles. The summed E-state index contributed by atoms with van der Waals surface area (Å²) >= 11 is 0. The van der Waals surface area contributed by atoms with Crippen molar-refractivity contribution in [3.05, 3.63) is 29.8 Å². The predicted octanol–water partition coefficient (Wildman–Crippen LogP) is 2.04. The first-order chi connectivity index (χ1) is 11.3. The molecule has 0 radical (unpaired) electrons. The van der Waals surface area contributed by atoms with Gasteiger partial charge in [-0.3, -0.25) is 9.59 Å². The highest BCUT2D eigenvalue weighted by Crippen LogP contribution is 2.32. The van der Waals surface area contributed by atoms with Gasteiger partial charge in [-0.1, -0.05) is 18.2 Å². The molecule has 3 rings (SSSR count). The van der Waals surface area contributed by atoms with Gasteiger partial charge < -0.3 is 15.0 Å². The van der Waals surface area contributed by atoms with Gasteiger partial charge in [0.2, 0.25) is 11.8 Å². The van der Waals surface area contributed by atoms with Crippen molar-refractivity contribution in [1.29, 1.82) is 0 Å². The van der Waals surface area contributed by atoms with Crippen LogP contribution in [0.5, 0.6) is 5.75 Å². The van der Waals surface area contributed by atoms with Crippen LogP contribution >= 0.6 is 0 Å². The Balaban J connectivity index is 1.63. The third kappa shape index (κ3) is 3.63. The number of halogens is 3. The lowest BCUT2D eigenvalue weighted by molar-refractivity contribution is -0.157. The highest BCUT2D eigenvalue weighted by Gasteiger charge is 2.41. The van der Waals surface area contributed by atoms with E-state index in [1.807, 2.05) is 18.2 Å². The highest BCUT2D eigenvalue weighted by atomic mass is 19.4. The Morgan fingerprint density at radius 2 is 2.08 bits per heavy atom. The molecule has 2 unspecified atom stereocenters. The number of fused-ring (bicyclic) bond motifs is 1. The number of carbonyl (C=O) groups is 2. The van der Waals surface area contributed by atoms with E-state index in [1.165, 1.54) is 0 Å². The fourth-order valence-electron chi connectivity index (χ4n) is 3.10. The number of nitrogens with one attached hydrogen (secondary N) is 1. The molecule has 2 amide bonds. The molecular formula is C16H17F3N2O3. The van der Waals surface area contributed by atoms with Crippen molar-refractivity contribution < 1.29 is 27.5 Å². The average Bonchev–Trinajstić information content (AvgIpc) is 2.87. The summed E-state index contributed by atoms with van der Waals surface area (Å²) < 4.78 is 42.8. The Kier molecular flexibility index (Phi) is 4.38. The lowest BCUT2D eigenvalue weighted by Gasteiger charge is -2.27. The van der Waals surface area contributed by atoms with Crippen LogP contribution in [0, 0.1) is 5.92 Å². The zero-order valence-electron chi connectivity index (χ0n) is 12.8. The van der Waals surface area contributed by atoms with Crippen LogP contribution in [-0.4, -0.2) is 42.6 Å². The molecule has 24 heavy (non-hydrogen) atoms. The van der Waals surface area contributed by atoms with Gasteiger partial charge in [0.1, 0.15) is 12.3 Å². The van der Waals surface area contributed by atoms with Gasteiger partial charge in [-0.2, -0.15) is 13.2 Å². The molecule has 0 aromatic heterocycles. The number of nitrogens with zero attached hydrogens (tertiary/aromatic N) is 1. The molecule has 1 N–H and O–H groups in total. The van der Waals surface area contributed by atoms with Gasteiger partial charge in [0.25, 0.3) is 0 Å². The van der Waals surface area contributed by atoms with E-state index in [-0.39, 0.29) is 19.0 Å². The largest absolute Gasteiger partial charge is 0.493 e. The molecule has 5 nitrogen and oxygen atoms in total. The van der Waals surface area contributed by atoms with Gasteiger partial charge in [0.05, 0.1) is 18.6 Å². The van der Waals surface area contributed by atoms with E-state index >= 15 is 0 Å². The van der Waals surface area contributed by atoms with Crippen LogP contribution < -0.4 is 10.1 Å². The molecule has 1 aromatic rings. The Hall–Kier alpha value is -2.25. The normalized spacial score (nSPS) is 23.6. The van der Waals surface area contributed by atoms with Crippen molar-refractivity contribution >= 4 is 11.8 Å². The Morgan fingerprint density at radius 3 is 2.83 bits per heavy atom. The third-order valence-electron chi connectivity index (χ3n) is 4.23. The SMILES string of the molecule is O=C(NC1CCOc2ccccc21)C1CC(=O)N(CC(F)(F)F)C1. The van der Waals surface area contributed by atoms with Crippen molar-refractivity contribution in [3.8, 4) is 5.75 Å². The van der Waals surface area contributed by atoms with Crippen molar-refractivity contribution in [1.82, 2.24) is 10.2 Å². The van der Waals surface area contributed by atoms with Gasteiger partial charge in [0.15, 0.2) is 0 Å². The number of alkyl halides is 3. The maximum atomic E-state index is 12.4. The Labute approximate surface area is 136 Å². The maximum Gasteiger partial charge on any atom is 0.406 e. The molecule has 0 spiro atoms. The average molecular weight is 342 g/mol. The van der Waals surface area contributed by atoms with Gasteiger partial charge in [0, 0.05) is 24.9 Å². The number of carbonyl (C=O) groups excluding carboxylic acids is 2. The molecule has 1 fully saturated rings. The van der Waals surface area contributed by atoms with Crippen LogP contribution in [0.3, 0.4) is 0 Å². The van der Waals surface area contributed by atoms with Crippen LogP contribution in [0.2, 0.25) is 0 Å². The summed E-state index contributed by atoms with van der Waals surface area (Å²) in [5, 5.41) is 2.84. The molecule has 1 aromatic carbocycles. The zero-order chi connectivity index (χ0) is 17.3. The molecule has 2 aliphatic rings. The van der Waals surface area contributed by atoms with Crippen LogP contribution in [0.15, 0.2) is 24.3 Å². The number of amides is 2. The smallest absolute Gasteiger partial charge is 0.406 e. The molecule has 2 atom stereocenters. The maximum absolute atomic E-state index is 12.4. The van der Waals surface area contributed by atoms with Crippen molar-refractivity contribution in [2.75, 3.05) is 19.7 Å². The van der Waals surface area contributed by atoms with Crippen LogP contribution in [0.1, 0.15) is 24.4 Å². The second-order valence-electron chi connectivity index (χ2n) is 6.03. The summed E-state index contributed by atoms with van der Waals surface area (Å²) in [5.41, 5.74) is 0.841. The van der Waals surface area contributed by atoms with Crippen LogP contribution in [0.4, 0.5) is 13.2 Å². The lowest BCUT2D eigenvalue weighted by Crippen LogP contribution is -2.39. The van der Waals surface area contributed by atoms with Crippen LogP contribution in [0.25, 0.3) is 0 Å². The van der Waals surface area contributed by atoms with E-state index < -0.39 is 30.5 Å². The molecule has 0 saturated carbocycles. The van der Waals surface area contributed by atoms with Gasteiger partial charge in [-0.15, -0.1) is 0 Å². The fourth-order valence-corrected chi connectivity index (χ4v) is 3.10. The molecule has 2 heterocycles. The molecular weight excluding hydrogens is 325 g/mol. The molecule has 0 aliphatic carbocycles. The molecule has 130 valence electrons. The standard InChI is InChI=1S/C16H17F3N2O3/c17-16(18,19)9-21-8-10(7-14(21)22)15(23)20-12-5-6-24-13-4-2-1-3-11(12)13/h1-4,10,12H,5-9H2,(H,20,23). The minimum Gasteiger partial charge on any atom is -0.493 e. The number of ether oxygens (including phenoxy) is 1. The third-order valence-corrected chi connectivity index (χ3v) is 4.23. The van der Waals surface area contributed by atoms with Crippen molar-refractivity contribution in [2.45, 2.75) is 25.1 Å². The lowest BCUT2D eigenvalue weighted by atomic mass is 9.99. The molecule has 0 bridgehead atoms. The van der Waals surface area contributed by atoms with Crippen molar-refractivity contribution in [2.24, 2.45) is 5.92 Å². The minimum absolute atomic E-state index is 0.188. The topological polar surface area (TPSA) is 58.6 Å². The Bertz CT molecular complexity index is 648. The number of benzene rings is 1. The number of para-hydroxylation sites is 1. The summed E-state index contributed by atoms with van der Waals surface area (Å²) in [6.07, 6.45) is -4.07. The number of rotatable bonds is 3. The first-order valence-electron chi connectivity index (χ1n) is 7.70.